The molecule has 3 rings (SSSR count). The number of nitrogens with zero attached hydrogens (tertiary/aromatic N) is 1. The highest BCUT2D eigenvalue weighted by Crippen LogP contribution is 2.34. The second-order valence-electron chi connectivity index (χ2n) is 6.07. The average molecular weight is 415 g/mol. The average Bonchev–Trinajstić information content (AvgIpc) is 3.27. The predicted octanol–water partition coefficient (Wildman–Crippen LogP) is 3.25. The first kappa shape index (κ1) is 20.4. The van der Waals surface area contributed by atoms with Gasteiger partial charge in [0, 0.05) is 11.6 Å². The topological polar surface area (TPSA) is 103 Å². The lowest BCUT2D eigenvalue weighted by Gasteiger charge is -2.09. The molecule has 29 heavy (non-hydrogen) atoms. The quantitative estimate of drug-likeness (QED) is 0.542. The number of ether oxygens (including phenoxy) is 2. The van der Waals surface area contributed by atoms with Crippen molar-refractivity contribution in [2.24, 2.45) is 0 Å². The van der Waals surface area contributed by atoms with Crippen molar-refractivity contribution in [3.8, 4) is 11.3 Å². The maximum Gasteiger partial charge on any atom is 0.337 e. The largest absolute Gasteiger partial charge is 0.468 e. The summed E-state index contributed by atoms with van der Waals surface area (Å²) in [6.45, 7) is 1.43. The Morgan fingerprint density at radius 2 is 1.90 bits per heavy atom. The number of benzene rings is 1. The zero-order valence-corrected chi connectivity index (χ0v) is 16.7. The van der Waals surface area contributed by atoms with Crippen LogP contribution in [0.4, 0.5) is 4.79 Å². The van der Waals surface area contributed by atoms with Crippen LogP contribution in [0.3, 0.4) is 0 Å². The van der Waals surface area contributed by atoms with Gasteiger partial charge in [-0.05, 0) is 48.5 Å². The van der Waals surface area contributed by atoms with Crippen LogP contribution in [0.5, 0.6) is 0 Å². The molecular formula is C20H17NO7S. The van der Waals surface area contributed by atoms with Crippen molar-refractivity contribution in [3.05, 3.63) is 52.1 Å². The van der Waals surface area contributed by atoms with Crippen molar-refractivity contribution >= 4 is 40.9 Å². The van der Waals surface area contributed by atoms with E-state index in [-0.39, 0.29) is 4.91 Å². The monoisotopic (exact) mass is 415 g/mol. The summed E-state index contributed by atoms with van der Waals surface area (Å²) in [5, 5.41) is -0.556. The van der Waals surface area contributed by atoms with Crippen molar-refractivity contribution in [2.75, 3.05) is 20.8 Å². The minimum absolute atomic E-state index is 0.139. The standard InChI is InChI=1S/C20H17NO7S/c1-11-4-5-12(19(24)27-3)8-14(11)15-7-6-13(28-15)9-16-18(23)21(20(25)29-16)10-17(22)26-2/h4-9H,10H2,1-3H3/b16-9+. The van der Waals surface area contributed by atoms with Crippen molar-refractivity contribution in [1.29, 1.82) is 0 Å². The summed E-state index contributed by atoms with van der Waals surface area (Å²) in [7, 11) is 2.49. The van der Waals surface area contributed by atoms with Crippen LogP contribution in [0.15, 0.2) is 39.7 Å². The first-order valence-electron chi connectivity index (χ1n) is 8.45. The van der Waals surface area contributed by atoms with E-state index in [0.29, 0.717) is 34.4 Å². The van der Waals surface area contributed by atoms with Crippen LogP contribution in [0.1, 0.15) is 21.7 Å². The number of furan rings is 1. The van der Waals surface area contributed by atoms with E-state index in [0.717, 1.165) is 10.5 Å². The summed E-state index contributed by atoms with van der Waals surface area (Å²) >= 11 is 0.716. The van der Waals surface area contributed by atoms with E-state index in [1.165, 1.54) is 20.3 Å². The van der Waals surface area contributed by atoms with E-state index in [9.17, 15) is 19.2 Å². The number of carbonyl (C=O) groups is 4. The highest BCUT2D eigenvalue weighted by Gasteiger charge is 2.36. The molecule has 1 aliphatic heterocycles. The number of imide groups is 1. The molecule has 2 heterocycles. The Morgan fingerprint density at radius 1 is 1.14 bits per heavy atom. The molecule has 1 aromatic heterocycles. The Bertz CT molecular complexity index is 1040. The van der Waals surface area contributed by atoms with Crippen molar-refractivity contribution in [1.82, 2.24) is 4.90 Å². The van der Waals surface area contributed by atoms with Crippen molar-refractivity contribution in [3.63, 3.8) is 0 Å². The smallest absolute Gasteiger partial charge is 0.337 e. The second kappa shape index (κ2) is 8.36. The number of hydrogen-bond acceptors (Lipinski definition) is 8. The highest BCUT2D eigenvalue weighted by atomic mass is 32.2. The molecule has 0 saturated carbocycles. The molecule has 2 aromatic rings. The van der Waals surface area contributed by atoms with Gasteiger partial charge in [0.1, 0.15) is 18.1 Å². The van der Waals surface area contributed by atoms with Gasteiger partial charge in [0.05, 0.1) is 24.7 Å². The van der Waals surface area contributed by atoms with E-state index in [4.69, 9.17) is 9.15 Å². The molecule has 1 fully saturated rings. The van der Waals surface area contributed by atoms with Gasteiger partial charge in [-0.2, -0.15) is 0 Å². The summed E-state index contributed by atoms with van der Waals surface area (Å²) in [6, 6.07) is 8.45. The molecule has 150 valence electrons. The van der Waals surface area contributed by atoms with Crippen LogP contribution in [-0.4, -0.2) is 48.7 Å². The molecule has 2 amide bonds. The van der Waals surface area contributed by atoms with Gasteiger partial charge in [-0.15, -0.1) is 0 Å². The Kier molecular flexibility index (Phi) is 5.88. The van der Waals surface area contributed by atoms with Gasteiger partial charge in [0.2, 0.25) is 0 Å². The normalized spacial score (nSPS) is 15.1. The van der Waals surface area contributed by atoms with E-state index < -0.39 is 29.6 Å². The molecule has 8 nitrogen and oxygen atoms in total. The number of amides is 2. The SMILES string of the molecule is COC(=O)CN1C(=O)S/C(=C/c2ccc(-c3cc(C(=O)OC)ccc3C)o2)C1=O. The van der Waals surface area contributed by atoms with Crippen molar-refractivity contribution in [2.45, 2.75) is 6.92 Å². The van der Waals surface area contributed by atoms with Crippen LogP contribution in [0.25, 0.3) is 17.4 Å². The molecule has 1 aliphatic rings. The van der Waals surface area contributed by atoms with Crippen molar-refractivity contribution < 1.29 is 33.1 Å². The number of rotatable bonds is 5. The lowest BCUT2D eigenvalue weighted by Crippen LogP contribution is -2.34. The maximum atomic E-state index is 12.4. The summed E-state index contributed by atoms with van der Waals surface area (Å²) in [5.74, 6) is -0.890. The molecule has 9 heteroatoms. The lowest BCUT2D eigenvalue weighted by molar-refractivity contribution is -0.143. The summed E-state index contributed by atoms with van der Waals surface area (Å²) in [6.07, 6.45) is 1.44. The third-order valence-electron chi connectivity index (χ3n) is 4.21. The number of esters is 2. The van der Waals surface area contributed by atoms with Gasteiger partial charge in [0.15, 0.2) is 0 Å². The minimum Gasteiger partial charge on any atom is -0.468 e. The molecule has 0 bridgehead atoms. The van der Waals surface area contributed by atoms with Crippen LogP contribution < -0.4 is 0 Å². The first-order valence-corrected chi connectivity index (χ1v) is 9.27. The Labute approximate surface area is 170 Å². The number of hydrogen-bond donors (Lipinski definition) is 0. The molecule has 0 N–H and O–H groups in total. The first-order chi connectivity index (χ1) is 13.8. The molecule has 0 aliphatic carbocycles. The van der Waals surface area contributed by atoms with Crippen LogP contribution in [0, 0.1) is 6.92 Å². The molecule has 1 aromatic carbocycles. The Balaban J connectivity index is 1.86. The van der Waals surface area contributed by atoms with Gasteiger partial charge in [-0.25, -0.2) is 4.79 Å². The molecule has 1 saturated heterocycles. The van der Waals surface area contributed by atoms with Gasteiger partial charge < -0.3 is 13.9 Å². The number of carbonyl (C=O) groups excluding carboxylic acids is 4. The third-order valence-corrected chi connectivity index (χ3v) is 5.12. The fourth-order valence-electron chi connectivity index (χ4n) is 2.67. The van der Waals surface area contributed by atoms with E-state index >= 15 is 0 Å². The highest BCUT2D eigenvalue weighted by molar-refractivity contribution is 8.18. The fraction of sp³-hybridized carbons (Fsp3) is 0.200. The van der Waals surface area contributed by atoms with Gasteiger partial charge in [-0.3, -0.25) is 19.3 Å². The van der Waals surface area contributed by atoms with E-state index in [1.54, 1.807) is 30.3 Å². The maximum absolute atomic E-state index is 12.4. The molecule has 0 spiro atoms. The van der Waals surface area contributed by atoms with Crippen LogP contribution >= 0.6 is 11.8 Å². The zero-order valence-electron chi connectivity index (χ0n) is 15.9. The summed E-state index contributed by atoms with van der Waals surface area (Å²) in [4.78, 5) is 48.4. The van der Waals surface area contributed by atoms with Crippen LogP contribution in [-0.2, 0) is 19.1 Å². The fourth-order valence-corrected chi connectivity index (χ4v) is 3.48. The number of methoxy groups -OCH3 is 2. The number of thioether (sulfide) groups is 1. The van der Waals surface area contributed by atoms with Crippen LogP contribution in [0.2, 0.25) is 0 Å². The van der Waals surface area contributed by atoms with E-state index in [1.807, 2.05) is 6.92 Å². The summed E-state index contributed by atoms with van der Waals surface area (Å²) < 4.78 is 15.0. The van der Waals surface area contributed by atoms with E-state index in [2.05, 4.69) is 4.74 Å². The van der Waals surface area contributed by atoms with Gasteiger partial charge >= 0.3 is 11.9 Å². The Hall–Kier alpha value is -3.33. The summed E-state index contributed by atoms with van der Waals surface area (Å²) in [5.41, 5.74) is 1.97. The van der Waals surface area contributed by atoms with Gasteiger partial charge in [0.25, 0.3) is 11.1 Å². The van der Waals surface area contributed by atoms with Gasteiger partial charge in [-0.1, -0.05) is 6.07 Å². The molecule has 0 radical (unpaired) electrons. The molecular weight excluding hydrogens is 398 g/mol. The number of aryl methyl sites for hydroxylation is 1. The molecule has 0 unspecified atom stereocenters. The second-order valence-corrected chi connectivity index (χ2v) is 7.06. The third kappa shape index (κ3) is 4.24. The zero-order chi connectivity index (χ0) is 21.1. The predicted molar refractivity (Wildman–Crippen MR) is 105 cm³/mol. The Morgan fingerprint density at radius 3 is 2.59 bits per heavy atom. The molecule has 0 atom stereocenters. The lowest BCUT2D eigenvalue weighted by atomic mass is 10.0. The minimum atomic E-state index is -0.685.